The second-order valence-corrected chi connectivity index (χ2v) is 7.04. The van der Waals surface area contributed by atoms with Crippen molar-refractivity contribution in [3.63, 3.8) is 0 Å². The van der Waals surface area contributed by atoms with Gasteiger partial charge in [0.25, 0.3) is 0 Å². The Kier molecular flexibility index (Phi) is 4.17. The van der Waals surface area contributed by atoms with E-state index in [1.807, 2.05) is 29.2 Å². The number of carboxylic acid groups (broad SMARTS) is 1. The van der Waals surface area contributed by atoms with E-state index < -0.39 is 5.97 Å². The van der Waals surface area contributed by atoms with E-state index in [4.69, 9.17) is 10.1 Å². The van der Waals surface area contributed by atoms with Crippen LogP contribution in [-0.2, 0) is 4.79 Å². The fourth-order valence-corrected chi connectivity index (χ4v) is 3.47. The highest BCUT2D eigenvalue weighted by Gasteiger charge is 2.36. The average Bonchev–Trinajstić information content (AvgIpc) is 3.03. The van der Waals surface area contributed by atoms with Crippen LogP contribution in [0.15, 0.2) is 30.6 Å². The molecule has 1 N–H and O–H groups in total. The molecule has 1 saturated heterocycles. The molecule has 132 valence electrons. The number of carbonyl (C=O) groups is 1. The molecule has 0 bridgehead atoms. The van der Waals surface area contributed by atoms with Gasteiger partial charge in [0.15, 0.2) is 0 Å². The van der Waals surface area contributed by atoms with E-state index in [0.29, 0.717) is 12.8 Å². The van der Waals surface area contributed by atoms with Gasteiger partial charge in [0.2, 0.25) is 0 Å². The molecule has 4 rings (SSSR count). The number of aliphatic carboxylic acids is 1. The van der Waals surface area contributed by atoms with Crippen molar-refractivity contribution in [1.29, 1.82) is 0 Å². The molecule has 2 aromatic heterocycles. The van der Waals surface area contributed by atoms with Crippen molar-refractivity contribution in [2.45, 2.75) is 18.9 Å². The third kappa shape index (κ3) is 3.24. The Morgan fingerprint density at radius 2 is 1.96 bits per heavy atom. The molecule has 0 unspecified atom stereocenters. The summed E-state index contributed by atoms with van der Waals surface area (Å²) in [4.78, 5) is 20.4. The number of hydrogen-bond acceptors (Lipinski definition) is 5. The van der Waals surface area contributed by atoms with E-state index in [-0.39, 0.29) is 12.0 Å². The number of piperazine rings is 1. The van der Waals surface area contributed by atoms with Gasteiger partial charge in [-0.3, -0.25) is 9.48 Å². The Bertz CT molecular complexity index is 760. The SMILES string of the molecule is CN1CCN(c2cccc(-c3cnn(C4CC(C(=O)O)C4)c3)n2)CC1. The third-order valence-electron chi connectivity index (χ3n) is 5.30. The molecule has 3 heterocycles. The summed E-state index contributed by atoms with van der Waals surface area (Å²) in [6, 6.07) is 6.29. The van der Waals surface area contributed by atoms with Crippen molar-refractivity contribution in [2.24, 2.45) is 5.92 Å². The van der Waals surface area contributed by atoms with Gasteiger partial charge in [0.05, 0.1) is 23.9 Å². The summed E-state index contributed by atoms with van der Waals surface area (Å²) in [5.74, 6) is 0.0782. The van der Waals surface area contributed by atoms with E-state index in [9.17, 15) is 4.79 Å². The Balaban J connectivity index is 1.47. The molecule has 0 atom stereocenters. The maximum atomic E-state index is 10.9. The summed E-state index contributed by atoms with van der Waals surface area (Å²) in [5.41, 5.74) is 1.89. The maximum absolute atomic E-state index is 10.9. The van der Waals surface area contributed by atoms with Crippen LogP contribution in [0.5, 0.6) is 0 Å². The van der Waals surface area contributed by atoms with Crippen LogP contribution in [0.2, 0.25) is 0 Å². The minimum Gasteiger partial charge on any atom is -0.481 e. The second kappa shape index (κ2) is 6.48. The quantitative estimate of drug-likeness (QED) is 0.913. The first-order valence-electron chi connectivity index (χ1n) is 8.78. The second-order valence-electron chi connectivity index (χ2n) is 7.04. The van der Waals surface area contributed by atoms with E-state index >= 15 is 0 Å². The van der Waals surface area contributed by atoms with Gasteiger partial charge in [0, 0.05) is 37.9 Å². The van der Waals surface area contributed by atoms with Crippen LogP contribution in [0.4, 0.5) is 5.82 Å². The standard InChI is InChI=1S/C18H23N5O2/c1-21-5-7-22(8-6-21)17-4-2-3-16(20-17)14-11-19-23(12-14)15-9-13(10-15)18(24)25/h2-4,11-13,15H,5-10H2,1H3,(H,24,25). The highest BCUT2D eigenvalue weighted by molar-refractivity contribution is 5.71. The van der Waals surface area contributed by atoms with Gasteiger partial charge >= 0.3 is 5.97 Å². The van der Waals surface area contributed by atoms with Gasteiger partial charge in [-0.05, 0) is 32.0 Å². The van der Waals surface area contributed by atoms with Crippen LogP contribution >= 0.6 is 0 Å². The number of anilines is 1. The van der Waals surface area contributed by atoms with E-state index in [1.54, 1.807) is 0 Å². The Hall–Kier alpha value is -2.41. The average molecular weight is 341 g/mol. The van der Waals surface area contributed by atoms with Crippen molar-refractivity contribution < 1.29 is 9.90 Å². The first-order valence-corrected chi connectivity index (χ1v) is 8.78. The largest absolute Gasteiger partial charge is 0.481 e. The van der Waals surface area contributed by atoms with Gasteiger partial charge in [-0.1, -0.05) is 6.07 Å². The first-order chi connectivity index (χ1) is 12.1. The van der Waals surface area contributed by atoms with Crippen LogP contribution < -0.4 is 4.90 Å². The van der Waals surface area contributed by atoms with Crippen LogP contribution in [0, 0.1) is 5.92 Å². The number of rotatable bonds is 4. The number of nitrogens with zero attached hydrogens (tertiary/aromatic N) is 5. The van der Waals surface area contributed by atoms with Crippen LogP contribution in [0.25, 0.3) is 11.3 Å². The predicted octanol–water partition coefficient (Wildman–Crippen LogP) is 1.73. The number of hydrogen-bond donors (Lipinski definition) is 1. The topological polar surface area (TPSA) is 74.5 Å². The van der Waals surface area contributed by atoms with Crippen molar-refractivity contribution in [2.75, 3.05) is 38.1 Å². The molecule has 1 aliphatic carbocycles. The van der Waals surface area contributed by atoms with Gasteiger partial charge in [-0.25, -0.2) is 4.98 Å². The van der Waals surface area contributed by atoms with Crippen LogP contribution in [0.1, 0.15) is 18.9 Å². The number of carboxylic acids is 1. The minimum atomic E-state index is -0.704. The molecular weight excluding hydrogens is 318 g/mol. The summed E-state index contributed by atoms with van der Waals surface area (Å²) >= 11 is 0. The lowest BCUT2D eigenvalue weighted by molar-refractivity contribution is -0.146. The monoisotopic (exact) mass is 341 g/mol. The lowest BCUT2D eigenvalue weighted by atomic mass is 9.80. The lowest BCUT2D eigenvalue weighted by Gasteiger charge is -2.33. The van der Waals surface area contributed by atoms with Crippen molar-refractivity contribution in [1.82, 2.24) is 19.7 Å². The zero-order valence-electron chi connectivity index (χ0n) is 14.4. The number of pyridine rings is 1. The summed E-state index contributed by atoms with van der Waals surface area (Å²) < 4.78 is 1.89. The van der Waals surface area contributed by atoms with Gasteiger partial charge in [0.1, 0.15) is 5.82 Å². The van der Waals surface area contributed by atoms with Gasteiger partial charge < -0.3 is 14.9 Å². The minimum absolute atomic E-state index is 0.190. The molecule has 2 aromatic rings. The molecule has 0 amide bonds. The third-order valence-corrected chi connectivity index (χ3v) is 5.30. The zero-order chi connectivity index (χ0) is 17.4. The number of likely N-dealkylation sites (N-methyl/N-ethyl adjacent to an activating group) is 1. The highest BCUT2D eigenvalue weighted by Crippen LogP contribution is 2.38. The molecule has 0 aromatic carbocycles. The molecular formula is C18H23N5O2. The molecule has 2 aliphatic rings. The van der Waals surface area contributed by atoms with Gasteiger partial charge in [-0.2, -0.15) is 5.10 Å². The number of aromatic nitrogens is 3. The molecule has 2 fully saturated rings. The van der Waals surface area contributed by atoms with E-state index in [1.165, 1.54) is 0 Å². The highest BCUT2D eigenvalue weighted by atomic mass is 16.4. The maximum Gasteiger partial charge on any atom is 0.306 e. The van der Waals surface area contributed by atoms with E-state index in [2.05, 4.69) is 28.0 Å². The van der Waals surface area contributed by atoms with Crippen LogP contribution in [0.3, 0.4) is 0 Å². The molecule has 1 saturated carbocycles. The fourth-order valence-electron chi connectivity index (χ4n) is 3.47. The Labute approximate surface area is 146 Å². The Morgan fingerprint density at radius 3 is 2.68 bits per heavy atom. The molecule has 0 radical (unpaired) electrons. The molecule has 1 aliphatic heterocycles. The van der Waals surface area contributed by atoms with Gasteiger partial charge in [-0.15, -0.1) is 0 Å². The summed E-state index contributed by atoms with van der Waals surface area (Å²) in [6.45, 7) is 4.09. The normalized spacial score (nSPS) is 24.1. The first kappa shape index (κ1) is 16.1. The van der Waals surface area contributed by atoms with Crippen molar-refractivity contribution in [3.8, 4) is 11.3 Å². The molecule has 0 spiro atoms. The van der Waals surface area contributed by atoms with Crippen molar-refractivity contribution in [3.05, 3.63) is 30.6 Å². The lowest BCUT2D eigenvalue weighted by Crippen LogP contribution is -2.44. The molecule has 25 heavy (non-hydrogen) atoms. The van der Waals surface area contributed by atoms with Crippen LogP contribution in [-0.4, -0.2) is 64.0 Å². The molecule has 7 nitrogen and oxygen atoms in total. The summed E-state index contributed by atoms with van der Waals surface area (Å²) in [7, 11) is 2.14. The predicted molar refractivity (Wildman–Crippen MR) is 94.6 cm³/mol. The smallest absolute Gasteiger partial charge is 0.306 e. The fraction of sp³-hybridized carbons (Fsp3) is 0.500. The summed E-state index contributed by atoms with van der Waals surface area (Å²) in [6.07, 6.45) is 5.12. The summed E-state index contributed by atoms with van der Waals surface area (Å²) in [5, 5.41) is 13.4. The van der Waals surface area contributed by atoms with E-state index in [0.717, 1.165) is 43.3 Å². The molecule has 7 heteroatoms. The zero-order valence-corrected chi connectivity index (χ0v) is 14.4. The van der Waals surface area contributed by atoms with Crippen molar-refractivity contribution >= 4 is 11.8 Å². The Morgan fingerprint density at radius 1 is 1.20 bits per heavy atom.